The van der Waals surface area contributed by atoms with Crippen LogP contribution in [-0.4, -0.2) is 38.2 Å². The lowest BCUT2D eigenvalue weighted by atomic mass is 9.89. The molecule has 20 aromatic carbocycles. The number of aromatic nitrogens is 8. The molecule has 10 heteroatoms. The summed E-state index contributed by atoms with van der Waals surface area (Å²) in [4.78, 5) is 24.7. The molecule has 0 spiro atoms. The molecule has 0 fully saturated rings. The number of hydrogen-bond donors (Lipinski definition) is 0. The summed E-state index contributed by atoms with van der Waals surface area (Å²) in [5.41, 5.74) is 18.8. The summed E-state index contributed by atoms with van der Waals surface area (Å²) >= 11 is 1.70. The molecule has 0 atom stereocenters. The van der Waals surface area contributed by atoms with Crippen LogP contribution < -0.4 is 0 Å². The van der Waals surface area contributed by atoms with Gasteiger partial charge in [-0.25, -0.2) is 19.9 Å². The maximum absolute atomic E-state index is 7.48. The van der Waals surface area contributed by atoms with Crippen LogP contribution in [0.1, 0.15) is 0 Å². The van der Waals surface area contributed by atoms with Crippen molar-refractivity contribution < 1.29 is 4.42 Å². The van der Waals surface area contributed by atoms with Crippen molar-refractivity contribution >= 4 is 227 Å². The number of fused-ring (bicyclic) bond motifs is 34. The lowest BCUT2D eigenvalue weighted by Gasteiger charge is -2.15. The van der Waals surface area contributed by atoms with E-state index in [9.17, 15) is 0 Å². The van der Waals surface area contributed by atoms with Gasteiger partial charge in [0, 0.05) is 97.4 Å². The third kappa shape index (κ3) is 9.13. The van der Waals surface area contributed by atoms with Crippen molar-refractivity contribution in [2.45, 2.75) is 0 Å². The Morgan fingerprint density at radius 3 is 1.17 bits per heavy atom. The van der Waals surface area contributed by atoms with Gasteiger partial charge >= 0.3 is 0 Å². The molecule has 0 aliphatic carbocycles. The standard InChI is InChI=1S/C112H62N8OS/c1-3-28-70(29-4-1)117-91-43-20-17-37-78(91)80-49-47-68(61-95(80)117)104-109(119-93-54-52-83-75-34-12-11-32-73(75)74-33-15-16-39-82(74)100(83)102(93)89-56-63-24-7-9-26-65(63)59-97(89)119)113-106-87-42-23-41-72(108(87)121-111(106)115-104)67-46-51-85-88(58-67)77-36-14-13-35-76(77)84-53-55-94-103(101(84)85)90-57-64-25-8-10-27-66(64)60-98(90)120(94)110-105(116-112-107(114-110)86-40-19-22-45-99(86)122-112)69-48-50-81-79-38-18-21-44-92(79)118(96(81)62-69)71-30-5-2-6-31-71/h1-62H. The van der Waals surface area contributed by atoms with Crippen molar-refractivity contribution in [1.29, 1.82) is 0 Å². The molecule has 0 N–H and O–H groups in total. The smallest absolute Gasteiger partial charge is 0.247 e. The molecule has 8 aromatic heterocycles. The van der Waals surface area contributed by atoms with Crippen LogP contribution >= 0.6 is 11.3 Å². The molecule has 28 rings (SSSR count). The molecule has 0 saturated heterocycles. The first-order valence-corrected chi connectivity index (χ1v) is 42.4. The van der Waals surface area contributed by atoms with Crippen LogP contribution in [0.25, 0.3) is 273 Å². The minimum Gasteiger partial charge on any atom is -0.436 e. The van der Waals surface area contributed by atoms with Crippen molar-refractivity contribution in [1.82, 2.24) is 38.2 Å². The lowest BCUT2D eigenvalue weighted by molar-refractivity contribution is 0.654. The summed E-state index contributed by atoms with van der Waals surface area (Å²) in [7, 11) is 0. The minimum absolute atomic E-state index is 0.447. The Morgan fingerprint density at radius 1 is 0.221 bits per heavy atom. The molecule has 0 bridgehead atoms. The SMILES string of the molecule is c1ccc(-n2c3ccccc3c3ccc(-c4nc5oc6c(-c7ccc8c(c7)c7ccccc7c7ccc9c(c%10cc%11ccccc%11cc%10n9-c9nc%10c(nc9-c9ccc%11c%12ccccc%12n(-c%12ccccc%12)c%11c9)sc9ccccc9%10)c78)cccc6c5nc4-n4c5cc6ccccc6cc5c5c6c7ccccc7c7ccccc7c6ccc54)cc32)cc1. The predicted octanol–water partition coefficient (Wildman–Crippen LogP) is 30.1. The maximum atomic E-state index is 7.48. The Kier molecular flexibility index (Phi) is 13.4. The van der Waals surface area contributed by atoms with E-state index in [2.05, 4.69) is 394 Å². The molecule has 0 aliphatic rings. The molecule has 0 saturated carbocycles. The Bertz CT molecular complexity index is 9520. The molecule has 0 radical (unpaired) electrons. The zero-order valence-electron chi connectivity index (χ0n) is 65.2. The van der Waals surface area contributed by atoms with Crippen LogP contribution in [0.4, 0.5) is 0 Å². The van der Waals surface area contributed by atoms with Crippen molar-refractivity contribution in [3.8, 4) is 56.7 Å². The molecule has 28 aromatic rings. The Balaban J connectivity index is 0.695. The second-order valence-electron chi connectivity index (χ2n) is 32.6. The van der Waals surface area contributed by atoms with E-state index >= 15 is 0 Å². The lowest BCUT2D eigenvalue weighted by Crippen LogP contribution is -2.03. The second-order valence-corrected chi connectivity index (χ2v) is 33.6. The summed E-state index contributed by atoms with van der Waals surface area (Å²) in [5.74, 6) is 1.46. The normalized spacial score (nSPS) is 12.4. The topological polar surface area (TPSA) is 84.4 Å². The number of furan rings is 1. The van der Waals surface area contributed by atoms with E-state index in [1.54, 1.807) is 11.3 Å². The van der Waals surface area contributed by atoms with Gasteiger partial charge in [0.15, 0.2) is 11.6 Å². The first kappa shape index (κ1) is 65.9. The fraction of sp³-hybridized carbons (Fsp3) is 0. The fourth-order valence-electron chi connectivity index (χ4n) is 21.0. The highest BCUT2D eigenvalue weighted by Gasteiger charge is 2.30. The quantitative estimate of drug-likeness (QED) is 0.148. The minimum atomic E-state index is 0.447. The molecular formula is C112H62N8OS. The van der Waals surface area contributed by atoms with Gasteiger partial charge in [0.05, 0.1) is 44.1 Å². The van der Waals surface area contributed by atoms with Gasteiger partial charge in [-0.3, -0.25) is 9.13 Å². The Morgan fingerprint density at radius 2 is 0.615 bits per heavy atom. The number of thiophene rings is 1. The monoisotopic (exact) mass is 1570 g/mol. The van der Waals surface area contributed by atoms with Crippen molar-refractivity contribution in [3.05, 3.63) is 376 Å². The van der Waals surface area contributed by atoms with Gasteiger partial charge in [0.1, 0.15) is 32.8 Å². The summed E-state index contributed by atoms with van der Waals surface area (Å²) in [6.07, 6.45) is 0. The van der Waals surface area contributed by atoms with E-state index < -0.39 is 0 Å². The van der Waals surface area contributed by atoms with Crippen LogP contribution in [0.3, 0.4) is 0 Å². The first-order valence-electron chi connectivity index (χ1n) is 41.6. The van der Waals surface area contributed by atoms with E-state index in [4.69, 9.17) is 24.4 Å². The maximum Gasteiger partial charge on any atom is 0.247 e. The predicted molar refractivity (Wildman–Crippen MR) is 512 cm³/mol. The zero-order valence-corrected chi connectivity index (χ0v) is 66.0. The fourth-order valence-corrected chi connectivity index (χ4v) is 22.0. The Labute approximate surface area is 697 Å². The zero-order chi connectivity index (χ0) is 79.3. The van der Waals surface area contributed by atoms with E-state index in [0.717, 1.165) is 191 Å². The van der Waals surface area contributed by atoms with Crippen LogP contribution in [0.2, 0.25) is 0 Å². The average Bonchev–Trinajstić information content (AvgIpc) is 1.50. The molecular weight excluding hydrogens is 1510 g/mol. The van der Waals surface area contributed by atoms with Crippen molar-refractivity contribution in [2.75, 3.05) is 0 Å². The molecule has 562 valence electrons. The molecule has 9 nitrogen and oxygen atoms in total. The van der Waals surface area contributed by atoms with Gasteiger partial charge in [-0.15, -0.1) is 11.3 Å². The van der Waals surface area contributed by atoms with Crippen LogP contribution in [0.15, 0.2) is 381 Å². The molecule has 8 heterocycles. The summed E-state index contributed by atoms with van der Waals surface area (Å²) in [5, 5.41) is 30.0. The average molecular weight is 1570 g/mol. The number of rotatable bonds is 7. The number of benzene rings is 20. The van der Waals surface area contributed by atoms with Crippen molar-refractivity contribution in [3.63, 3.8) is 0 Å². The number of nitrogens with zero attached hydrogens (tertiary/aromatic N) is 8. The van der Waals surface area contributed by atoms with E-state index in [-0.39, 0.29) is 0 Å². The Hall–Kier alpha value is -16.1. The van der Waals surface area contributed by atoms with Gasteiger partial charge in [-0.05, 0) is 184 Å². The third-order valence-corrected chi connectivity index (χ3v) is 27.3. The molecule has 0 aliphatic heterocycles. The number of hydrogen-bond acceptors (Lipinski definition) is 6. The largest absolute Gasteiger partial charge is 0.436 e. The van der Waals surface area contributed by atoms with E-state index in [0.29, 0.717) is 28.3 Å². The second kappa shape index (κ2) is 24.7. The van der Waals surface area contributed by atoms with Crippen LogP contribution in [0.5, 0.6) is 0 Å². The molecule has 122 heavy (non-hydrogen) atoms. The number of para-hydroxylation sites is 5. The highest BCUT2D eigenvalue weighted by molar-refractivity contribution is 7.25. The van der Waals surface area contributed by atoms with Gasteiger partial charge in [-0.2, -0.15) is 0 Å². The van der Waals surface area contributed by atoms with Gasteiger partial charge in [0.2, 0.25) is 5.71 Å². The molecule has 0 amide bonds. The first-order chi connectivity index (χ1) is 60.5. The van der Waals surface area contributed by atoms with Crippen molar-refractivity contribution in [2.24, 2.45) is 0 Å². The van der Waals surface area contributed by atoms with Crippen LogP contribution in [-0.2, 0) is 0 Å². The highest BCUT2D eigenvalue weighted by atomic mass is 32.1. The van der Waals surface area contributed by atoms with Gasteiger partial charge in [-0.1, -0.05) is 273 Å². The van der Waals surface area contributed by atoms with E-state index in [1.165, 1.54) is 53.9 Å². The van der Waals surface area contributed by atoms with Crippen LogP contribution in [0, 0.1) is 0 Å². The highest BCUT2D eigenvalue weighted by Crippen LogP contribution is 2.51. The summed E-state index contributed by atoms with van der Waals surface area (Å²) < 4.78 is 18.2. The van der Waals surface area contributed by atoms with Gasteiger partial charge < -0.3 is 13.6 Å². The summed E-state index contributed by atoms with van der Waals surface area (Å²) in [6, 6.07) is 138. The summed E-state index contributed by atoms with van der Waals surface area (Å²) in [6.45, 7) is 0. The third-order valence-electron chi connectivity index (χ3n) is 26.3. The van der Waals surface area contributed by atoms with Gasteiger partial charge in [0.25, 0.3) is 0 Å². The van der Waals surface area contributed by atoms with E-state index in [1.807, 2.05) is 0 Å². The molecule has 0 unspecified atom stereocenters.